The van der Waals surface area contributed by atoms with E-state index in [-0.39, 0.29) is 18.4 Å². The second kappa shape index (κ2) is 17.9. The van der Waals surface area contributed by atoms with E-state index in [0.717, 1.165) is 65.7 Å². The molecule has 2 aromatic rings. The van der Waals surface area contributed by atoms with Crippen LogP contribution < -0.4 is 17.7 Å². The first kappa shape index (κ1) is 34.4. The number of carbonyl (C=O) groups excluding carboxylic acids is 1. The second-order valence-corrected chi connectivity index (χ2v) is 13.6. The number of hydrogen-bond donors (Lipinski definition) is 1. The van der Waals surface area contributed by atoms with Crippen LogP contribution in [-0.4, -0.2) is 61.1 Å². The van der Waals surface area contributed by atoms with Gasteiger partial charge >= 0.3 is 5.97 Å². The van der Waals surface area contributed by atoms with E-state index in [0.29, 0.717) is 13.2 Å². The van der Waals surface area contributed by atoms with Gasteiger partial charge in [-0.15, -0.1) is 11.3 Å². The maximum Gasteiger partial charge on any atom is 0.310 e. The summed E-state index contributed by atoms with van der Waals surface area (Å²) in [7, 11) is 2.21. The van der Waals surface area contributed by atoms with Gasteiger partial charge < -0.3 is 27.4 Å². The first-order valence-electron chi connectivity index (χ1n) is 16.3. The van der Waals surface area contributed by atoms with Crippen LogP contribution in [0.15, 0.2) is 35.3 Å². The minimum absolute atomic E-state index is 0. The van der Waals surface area contributed by atoms with E-state index in [9.17, 15) is 4.79 Å². The summed E-state index contributed by atoms with van der Waals surface area (Å²) in [6.45, 7) is 8.54. The highest BCUT2D eigenvalue weighted by molar-refractivity contribution is 7.16. The van der Waals surface area contributed by atoms with Gasteiger partial charge in [0.05, 0.1) is 50.2 Å². The number of quaternary nitrogens is 1. The van der Waals surface area contributed by atoms with Crippen molar-refractivity contribution in [1.29, 1.82) is 0 Å². The normalized spacial score (nSPS) is 15.5. The van der Waals surface area contributed by atoms with Gasteiger partial charge in [-0.3, -0.25) is 9.28 Å². The van der Waals surface area contributed by atoms with Crippen LogP contribution in [0.1, 0.15) is 107 Å². The average molecular weight is 617 g/mol. The second-order valence-electron chi connectivity index (χ2n) is 12.4. The number of aryl methyl sites for hydroxylation is 1. The number of nitrogens with one attached hydrogen (secondary N) is 1. The molecule has 234 valence electrons. The van der Waals surface area contributed by atoms with Crippen molar-refractivity contribution in [1.82, 2.24) is 4.90 Å². The predicted molar refractivity (Wildman–Crippen MR) is 174 cm³/mol. The summed E-state index contributed by atoms with van der Waals surface area (Å²) in [4.78, 5) is 21.3. The molecule has 42 heavy (non-hydrogen) atoms. The van der Waals surface area contributed by atoms with Crippen molar-refractivity contribution in [2.24, 2.45) is 4.99 Å². The molecule has 2 aliphatic heterocycles. The van der Waals surface area contributed by atoms with Crippen LogP contribution in [-0.2, 0) is 9.53 Å². The summed E-state index contributed by atoms with van der Waals surface area (Å²) in [6, 6.07) is 10.5. The summed E-state index contributed by atoms with van der Waals surface area (Å²) in [5, 5.41) is 4.77. The third-order valence-electron chi connectivity index (χ3n) is 8.62. The Balaban J connectivity index is 0.00000484. The number of hydrogen-bond acceptors (Lipinski definition) is 6. The lowest BCUT2D eigenvalue weighted by Gasteiger charge is -2.42. The van der Waals surface area contributed by atoms with Crippen molar-refractivity contribution in [3.63, 3.8) is 0 Å². The third-order valence-corrected chi connectivity index (χ3v) is 9.58. The Morgan fingerprint density at radius 1 is 0.952 bits per heavy atom. The Kier molecular flexibility index (Phi) is 14.7. The minimum Gasteiger partial charge on any atom is -1.00 e. The number of ether oxygens (including phenoxy) is 1. The van der Waals surface area contributed by atoms with Crippen molar-refractivity contribution >= 4 is 39.5 Å². The van der Waals surface area contributed by atoms with Gasteiger partial charge in [-0.05, 0) is 31.5 Å². The molecular weight excluding hydrogens is 564 g/mol. The molecule has 8 heteroatoms. The summed E-state index contributed by atoms with van der Waals surface area (Å²) < 4.78 is 6.54. The highest BCUT2D eigenvalue weighted by Crippen LogP contribution is 2.39. The van der Waals surface area contributed by atoms with Crippen molar-refractivity contribution < 1.29 is 26.4 Å². The van der Waals surface area contributed by atoms with Gasteiger partial charge in [-0.2, -0.15) is 0 Å². The zero-order chi connectivity index (χ0) is 28.9. The van der Waals surface area contributed by atoms with E-state index in [1.807, 2.05) is 6.07 Å². The zero-order valence-electron chi connectivity index (χ0n) is 26.3. The van der Waals surface area contributed by atoms with Crippen LogP contribution in [0.5, 0.6) is 0 Å². The monoisotopic (exact) mass is 616 g/mol. The molecule has 0 radical (unpaired) electrons. The number of halogens is 1. The molecule has 2 aliphatic rings. The van der Waals surface area contributed by atoms with E-state index in [2.05, 4.69) is 55.4 Å². The van der Waals surface area contributed by atoms with Crippen LogP contribution in [0.3, 0.4) is 0 Å². The molecule has 0 spiro atoms. The van der Waals surface area contributed by atoms with Crippen LogP contribution in [0, 0.1) is 6.92 Å². The SMILES string of the molecule is CCCCCCCCCCCCCCCC(=O)OC[N+]1(C)CCN(C2=Nc3ccccc3Nc3sc(C)cc32)CC1.[Cl-]. The smallest absolute Gasteiger partial charge is 0.310 e. The highest BCUT2D eigenvalue weighted by Gasteiger charge is 2.33. The molecule has 1 N–H and O–H groups in total. The third kappa shape index (κ3) is 10.6. The van der Waals surface area contributed by atoms with Crippen molar-refractivity contribution in [2.75, 3.05) is 45.3 Å². The molecule has 0 atom stereocenters. The number of rotatable bonds is 16. The summed E-state index contributed by atoms with van der Waals surface area (Å²) in [5.74, 6) is 1.01. The Morgan fingerprint density at radius 2 is 1.55 bits per heavy atom. The molecule has 1 aromatic heterocycles. The molecule has 0 bridgehead atoms. The molecule has 4 rings (SSSR count). The standard InChI is InChI=1S/C34H53N4O2S.ClH/c1-4-5-6-7-8-9-10-11-12-13-14-15-16-21-32(39)40-27-38(3)24-22-37(23-25-38)33-29-26-28(2)41-34(29)36-31-20-18-17-19-30(31)35-33;/h17-20,26,36H,4-16,21-25,27H2,1-3H3;1H/q+1;/p-1. The van der Waals surface area contributed by atoms with Gasteiger partial charge in [0.25, 0.3) is 0 Å². The Labute approximate surface area is 264 Å². The van der Waals surface area contributed by atoms with Crippen molar-refractivity contribution in [3.05, 3.63) is 40.8 Å². The lowest BCUT2D eigenvalue weighted by atomic mass is 10.0. The molecule has 1 fully saturated rings. The number of unbranched alkanes of at least 4 members (excludes halogenated alkanes) is 12. The Morgan fingerprint density at radius 3 is 2.19 bits per heavy atom. The number of nitrogens with zero attached hydrogens (tertiary/aromatic N) is 3. The number of anilines is 2. The lowest BCUT2D eigenvalue weighted by Crippen LogP contribution is -3.00. The number of piperazine rings is 1. The molecular formula is C34H53ClN4O2S. The maximum atomic E-state index is 12.5. The maximum absolute atomic E-state index is 12.5. The van der Waals surface area contributed by atoms with Crippen LogP contribution in [0.2, 0.25) is 0 Å². The van der Waals surface area contributed by atoms with E-state index >= 15 is 0 Å². The molecule has 0 amide bonds. The fourth-order valence-electron chi connectivity index (χ4n) is 5.86. The fraction of sp³-hybridized carbons (Fsp3) is 0.647. The number of thiophene rings is 1. The van der Waals surface area contributed by atoms with E-state index in [1.165, 1.54) is 81.1 Å². The van der Waals surface area contributed by atoms with Crippen LogP contribution >= 0.6 is 11.3 Å². The first-order chi connectivity index (χ1) is 20.0. The molecule has 1 aromatic carbocycles. The van der Waals surface area contributed by atoms with E-state index in [1.54, 1.807) is 11.3 Å². The number of benzene rings is 1. The van der Waals surface area contributed by atoms with Gasteiger partial charge in [0.15, 0.2) is 0 Å². The van der Waals surface area contributed by atoms with Crippen molar-refractivity contribution in [3.8, 4) is 0 Å². The summed E-state index contributed by atoms with van der Waals surface area (Å²) >= 11 is 1.78. The molecule has 1 saturated heterocycles. The van der Waals surface area contributed by atoms with Gasteiger partial charge in [-0.1, -0.05) is 96.1 Å². The Bertz CT molecular complexity index is 1130. The quantitative estimate of drug-likeness (QED) is 0.144. The summed E-state index contributed by atoms with van der Waals surface area (Å²) in [6.07, 6.45) is 17.6. The lowest BCUT2D eigenvalue weighted by molar-refractivity contribution is -0.929. The van der Waals surface area contributed by atoms with Gasteiger partial charge in [0.2, 0.25) is 6.73 Å². The number of fused-ring (bicyclic) bond motifs is 2. The molecule has 0 saturated carbocycles. The van der Waals surface area contributed by atoms with Gasteiger partial charge in [0.1, 0.15) is 10.8 Å². The predicted octanol–water partition coefficient (Wildman–Crippen LogP) is 5.94. The van der Waals surface area contributed by atoms with E-state index < -0.39 is 0 Å². The zero-order valence-corrected chi connectivity index (χ0v) is 27.8. The number of amidine groups is 1. The van der Waals surface area contributed by atoms with Crippen LogP contribution in [0.25, 0.3) is 0 Å². The van der Waals surface area contributed by atoms with Crippen LogP contribution in [0.4, 0.5) is 16.4 Å². The summed E-state index contributed by atoms with van der Waals surface area (Å²) in [5.41, 5.74) is 3.22. The van der Waals surface area contributed by atoms with Crippen molar-refractivity contribution in [2.45, 2.75) is 104 Å². The Hall–Kier alpha value is -2.09. The molecule has 0 unspecified atom stereocenters. The molecule has 6 nitrogen and oxygen atoms in total. The largest absolute Gasteiger partial charge is 1.00 e. The molecule has 0 aliphatic carbocycles. The topological polar surface area (TPSA) is 53.9 Å². The number of esters is 1. The average Bonchev–Trinajstić information content (AvgIpc) is 3.26. The molecule has 3 heterocycles. The van der Waals surface area contributed by atoms with E-state index in [4.69, 9.17) is 9.73 Å². The fourth-order valence-corrected chi connectivity index (χ4v) is 6.78. The highest BCUT2D eigenvalue weighted by atomic mass is 35.5. The van der Waals surface area contributed by atoms with Gasteiger partial charge in [0, 0.05) is 11.3 Å². The minimum atomic E-state index is -0.0379. The van der Waals surface area contributed by atoms with Gasteiger partial charge in [-0.25, -0.2) is 4.99 Å². The number of para-hydroxylation sites is 2. The number of aliphatic imine (C=N–C) groups is 1. The first-order valence-corrected chi connectivity index (χ1v) is 17.1. The number of likely N-dealkylation sites (N-methyl/N-ethyl adjacent to an activating group) is 1. The number of carbonyl (C=O) groups is 1.